The van der Waals surface area contributed by atoms with Crippen molar-refractivity contribution in [1.29, 1.82) is 0 Å². The summed E-state index contributed by atoms with van der Waals surface area (Å²) >= 11 is 0. The van der Waals surface area contributed by atoms with Crippen molar-refractivity contribution >= 4 is 17.8 Å². The van der Waals surface area contributed by atoms with E-state index < -0.39 is 23.9 Å². The molecule has 2 N–H and O–H groups in total. The average molecular weight is 293 g/mol. The summed E-state index contributed by atoms with van der Waals surface area (Å²) in [5.74, 6) is -1.83. The van der Waals surface area contributed by atoms with Crippen molar-refractivity contribution < 1.29 is 24.2 Å². The van der Waals surface area contributed by atoms with Crippen LogP contribution in [0.2, 0.25) is 0 Å². The number of hydrogen-bond acceptors (Lipinski definition) is 4. The molecule has 114 valence electrons. The van der Waals surface area contributed by atoms with Gasteiger partial charge in [0.25, 0.3) is 5.91 Å². The van der Waals surface area contributed by atoms with Crippen molar-refractivity contribution in [3.63, 3.8) is 0 Å². The monoisotopic (exact) mass is 293 g/mol. The third kappa shape index (κ3) is 4.91. The number of aliphatic carboxylic acids is 1. The third-order valence-corrected chi connectivity index (χ3v) is 3.14. The Morgan fingerprint density at radius 3 is 2.24 bits per heavy atom. The molecule has 1 aromatic rings. The third-order valence-electron chi connectivity index (χ3n) is 3.14. The Hall–Kier alpha value is -2.37. The molecule has 0 radical (unpaired) electrons. The number of carbonyl (C=O) groups excluding carboxylic acids is 2. The fraction of sp³-hybridized carbons (Fsp3) is 0.400. The molecule has 0 spiro atoms. The van der Waals surface area contributed by atoms with E-state index in [9.17, 15) is 14.4 Å². The molecule has 0 fully saturated rings. The van der Waals surface area contributed by atoms with Crippen molar-refractivity contribution in [3.05, 3.63) is 29.8 Å². The number of nitrogens with one attached hydrogen (secondary N) is 1. The Bertz CT molecular complexity index is 523. The smallest absolute Gasteiger partial charge is 0.326 e. The summed E-state index contributed by atoms with van der Waals surface area (Å²) in [5.41, 5.74) is 0.306. The minimum absolute atomic E-state index is 0.174. The van der Waals surface area contributed by atoms with Gasteiger partial charge in [-0.2, -0.15) is 0 Å². The molecule has 1 rings (SSSR count). The number of carboxylic acid groups (broad SMARTS) is 1. The number of esters is 1. The van der Waals surface area contributed by atoms with E-state index in [1.165, 1.54) is 31.2 Å². The summed E-state index contributed by atoms with van der Waals surface area (Å²) in [6, 6.07) is 4.98. The normalized spacial score (nSPS) is 13.1. The van der Waals surface area contributed by atoms with Crippen molar-refractivity contribution in [3.8, 4) is 5.75 Å². The van der Waals surface area contributed by atoms with Crippen LogP contribution in [0.25, 0.3) is 0 Å². The van der Waals surface area contributed by atoms with Gasteiger partial charge in [0.2, 0.25) is 0 Å². The molecule has 21 heavy (non-hydrogen) atoms. The minimum atomic E-state index is -1.06. The van der Waals surface area contributed by atoms with E-state index in [0.29, 0.717) is 17.7 Å². The topological polar surface area (TPSA) is 92.7 Å². The van der Waals surface area contributed by atoms with Crippen LogP contribution in [0.5, 0.6) is 5.75 Å². The van der Waals surface area contributed by atoms with Gasteiger partial charge in [0.1, 0.15) is 11.8 Å². The number of rotatable bonds is 6. The lowest BCUT2D eigenvalue weighted by atomic mass is 9.99. The van der Waals surface area contributed by atoms with Crippen molar-refractivity contribution in [2.24, 2.45) is 5.92 Å². The summed E-state index contributed by atoms with van der Waals surface area (Å²) in [5, 5.41) is 11.6. The molecule has 6 nitrogen and oxygen atoms in total. The highest BCUT2D eigenvalue weighted by atomic mass is 16.5. The van der Waals surface area contributed by atoms with Crippen LogP contribution in [0.3, 0.4) is 0 Å². The van der Waals surface area contributed by atoms with Gasteiger partial charge in [-0.1, -0.05) is 20.3 Å². The number of benzene rings is 1. The van der Waals surface area contributed by atoms with Gasteiger partial charge < -0.3 is 15.2 Å². The highest BCUT2D eigenvalue weighted by Crippen LogP contribution is 2.14. The number of carbonyl (C=O) groups is 3. The van der Waals surface area contributed by atoms with Crippen molar-refractivity contribution in [2.75, 3.05) is 0 Å². The van der Waals surface area contributed by atoms with Crippen LogP contribution in [0, 0.1) is 5.92 Å². The molecule has 0 unspecified atom stereocenters. The van der Waals surface area contributed by atoms with Gasteiger partial charge in [0, 0.05) is 12.5 Å². The molecule has 0 aliphatic carbocycles. The molecule has 0 saturated carbocycles. The van der Waals surface area contributed by atoms with Crippen LogP contribution in [-0.2, 0) is 9.59 Å². The summed E-state index contributed by atoms with van der Waals surface area (Å²) in [7, 11) is 0. The molecule has 6 heteroatoms. The molecule has 0 bridgehead atoms. The quantitative estimate of drug-likeness (QED) is 0.616. The van der Waals surface area contributed by atoms with Crippen LogP contribution in [0.15, 0.2) is 24.3 Å². The lowest BCUT2D eigenvalue weighted by Crippen LogP contribution is -2.45. The van der Waals surface area contributed by atoms with Gasteiger partial charge in [-0.25, -0.2) is 4.79 Å². The molecule has 2 atom stereocenters. The molecular weight excluding hydrogens is 274 g/mol. The van der Waals surface area contributed by atoms with E-state index >= 15 is 0 Å². The lowest BCUT2D eigenvalue weighted by molar-refractivity contribution is -0.140. The predicted octanol–water partition coefficient (Wildman–Crippen LogP) is 1.84. The van der Waals surface area contributed by atoms with Crippen LogP contribution >= 0.6 is 0 Å². The Kier molecular flexibility index (Phi) is 5.90. The minimum Gasteiger partial charge on any atom is -0.480 e. The average Bonchev–Trinajstić information content (AvgIpc) is 2.43. The predicted molar refractivity (Wildman–Crippen MR) is 76.1 cm³/mol. The molecule has 0 heterocycles. The molecular formula is C15H19NO5. The Morgan fingerprint density at radius 1 is 1.24 bits per heavy atom. The van der Waals surface area contributed by atoms with Crippen LogP contribution in [0.4, 0.5) is 0 Å². The largest absolute Gasteiger partial charge is 0.480 e. The molecule has 1 aromatic carbocycles. The first kappa shape index (κ1) is 16.7. The number of ether oxygens (including phenoxy) is 1. The van der Waals surface area contributed by atoms with Gasteiger partial charge >= 0.3 is 11.9 Å². The fourth-order valence-corrected chi connectivity index (χ4v) is 1.75. The summed E-state index contributed by atoms with van der Waals surface area (Å²) < 4.78 is 4.86. The van der Waals surface area contributed by atoms with Crippen LogP contribution < -0.4 is 10.1 Å². The molecule has 0 aliphatic heterocycles. The maximum Gasteiger partial charge on any atom is 0.326 e. The molecule has 0 saturated heterocycles. The maximum atomic E-state index is 12.0. The number of carboxylic acids is 1. The summed E-state index contributed by atoms with van der Waals surface area (Å²) in [4.78, 5) is 34.0. The number of hydrogen-bond donors (Lipinski definition) is 2. The lowest BCUT2D eigenvalue weighted by Gasteiger charge is -2.20. The second kappa shape index (κ2) is 7.42. The zero-order valence-corrected chi connectivity index (χ0v) is 12.3. The van der Waals surface area contributed by atoms with E-state index in [2.05, 4.69) is 5.32 Å². The second-order valence-electron chi connectivity index (χ2n) is 4.79. The Morgan fingerprint density at radius 2 is 1.81 bits per heavy atom. The molecule has 1 amide bonds. The highest BCUT2D eigenvalue weighted by molar-refractivity contribution is 5.96. The zero-order chi connectivity index (χ0) is 16.0. The van der Waals surface area contributed by atoms with Crippen molar-refractivity contribution in [1.82, 2.24) is 5.32 Å². The van der Waals surface area contributed by atoms with Gasteiger partial charge in [-0.3, -0.25) is 9.59 Å². The summed E-state index contributed by atoms with van der Waals surface area (Å²) in [6.45, 7) is 4.91. The SMILES string of the molecule is CC[C@@H](C)[C@@H](NC(=O)c1ccc(OC(C)=O)cc1)C(=O)O. The highest BCUT2D eigenvalue weighted by Gasteiger charge is 2.25. The van der Waals surface area contributed by atoms with E-state index in [0.717, 1.165) is 0 Å². The van der Waals surface area contributed by atoms with E-state index in [-0.39, 0.29) is 5.92 Å². The first-order valence-corrected chi connectivity index (χ1v) is 6.67. The van der Waals surface area contributed by atoms with Gasteiger partial charge in [-0.15, -0.1) is 0 Å². The van der Waals surface area contributed by atoms with Gasteiger partial charge in [0.05, 0.1) is 0 Å². The van der Waals surface area contributed by atoms with E-state index in [4.69, 9.17) is 9.84 Å². The zero-order valence-electron chi connectivity index (χ0n) is 12.3. The maximum absolute atomic E-state index is 12.0. The molecule has 0 aliphatic rings. The Balaban J connectivity index is 2.78. The number of amides is 1. The first-order chi connectivity index (χ1) is 9.85. The summed E-state index contributed by atoms with van der Waals surface area (Å²) in [6.07, 6.45) is 0.642. The fourth-order valence-electron chi connectivity index (χ4n) is 1.75. The van der Waals surface area contributed by atoms with Crippen LogP contribution in [0.1, 0.15) is 37.6 Å². The van der Waals surface area contributed by atoms with Gasteiger partial charge in [-0.05, 0) is 30.2 Å². The standard InChI is InChI=1S/C15H19NO5/c1-4-9(2)13(15(19)20)16-14(18)11-5-7-12(8-6-11)21-10(3)17/h5-9,13H,4H2,1-3H3,(H,16,18)(H,19,20)/t9-,13-/m1/s1. The van der Waals surface area contributed by atoms with Crippen molar-refractivity contribution in [2.45, 2.75) is 33.2 Å². The molecule has 0 aromatic heterocycles. The van der Waals surface area contributed by atoms with E-state index in [1.54, 1.807) is 6.92 Å². The van der Waals surface area contributed by atoms with Crippen LogP contribution in [-0.4, -0.2) is 29.0 Å². The van der Waals surface area contributed by atoms with Gasteiger partial charge in [0.15, 0.2) is 0 Å². The Labute approximate surface area is 123 Å². The first-order valence-electron chi connectivity index (χ1n) is 6.67. The van der Waals surface area contributed by atoms with E-state index in [1.807, 2.05) is 6.92 Å². The second-order valence-corrected chi connectivity index (χ2v) is 4.79.